The second-order valence-corrected chi connectivity index (χ2v) is 4.63. The van der Waals surface area contributed by atoms with E-state index in [1.54, 1.807) is 0 Å². The second-order valence-electron chi connectivity index (χ2n) is 4.63. The number of nitrogens with one attached hydrogen (secondary N) is 1. The van der Waals surface area contributed by atoms with Gasteiger partial charge in [0.2, 0.25) is 0 Å². The van der Waals surface area contributed by atoms with Crippen molar-refractivity contribution in [3.63, 3.8) is 0 Å². The highest BCUT2D eigenvalue weighted by molar-refractivity contribution is 5.32. The van der Waals surface area contributed by atoms with Gasteiger partial charge in [0.25, 0.3) is 0 Å². The maximum atomic E-state index is 5.45. The molecule has 98 valence electrons. The summed E-state index contributed by atoms with van der Waals surface area (Å²) in [6, 6.07) is 2.32. The molecule has 2 heterocycles. The van der Waals surface area contributed by atoms with Crippen LogP contribution in [0.5, 0.6) is 0 Å². The average Bonchev–Trinajstić information content (AvgIpc) is 2.41. The first-order valence-electron chi connectivity index (χ1n) is 6.57. The Bertz CT molecular complexity index is 443. The minimum absolute atomic E-state index is 0.189. The summed E-state index contributed by atoms with van der Waals surface area (Å²) in [5.74, 6) is 0. The molecule has 1 unspecified atom stereocenters. The second kappa shape index (κ2) is 5.96. The maximum absolute atomic E-state index is 5.45. The first kappa shape index (κ1) is 13.0. The average molecular weight is 247 g/mol. The van der Waals surface area contributed by atoms with Gasteiger partial charge in [0.15, 0.2) is 0 Å². The Morgan fingerprint density at radius 3 is 2.89 bits per heavy atom. The Hall–Kier alpha value is -1.42. The van der Waals surface area contributed by atoms with E-state index in [-0.39, 0.29) is 6.04 Å². The number of hydrogen-bond acceptors (Lipinski definition) is 4. The number of aromatic nitrogens is 2. The van der Waals surface area contributed by atoms with Crippen molar-refractivity contribution >= 4 is 0 Å². The molecule has 0 saturated heterocycles. The van der Waals surface area contributed by atoms with E-state index in [0.717, 1.165) is 37.3 Å². The van der Waals surface area contributed by atoms with E-state index in [2.05, 4.69) is 28.5 Å². The first-order chi connectivity index (χ1) is 8.76. The summed E-state index contributed by atoms with van der Waals surface area (Å²) in [7, 11) is 1.98. The zero-order chi connectivity index (χ0) is 13.0. The largest absolute Gasteiger partial charge is 0.501 e. The predicted octanol–water partition coefficient (Wildman–Crippen LogP) is 2.30. The van der Waals surface area contributed by atoms with Crippen LogP contribution in [-0.2, 0) is 11.2 Å². The van der Waals surface area contributed by atoms with Crippen molar-refractivity contribution in [3.8, 4) is 0 Å². The zero-order valence-electron chi connectivity index (χ0n) is 11.4. The molecule has 0 amide bonds. The standard InChI is InChI=1S/C14H21N3O/c1-4-13-12(8-10(2)16-17-13)14(15-3)11-6-5-7-18-9-11/h8-9,14-15H,4-7H2,1-3H3. The van der Waals surface area contributed by atoms with Crippen LogP contribution in [0.4, 0.5) is 0 Å². The SMILES string of the molecule is CCc1nnc(C)cc1C(NC)C1=COCCC1. The number of ether oxygens (including phenoxy) is 1. The van der Waals surface area contributed by atoms with Crippen molar-refractivity contribution in [2.24, 2.45) is 0 Å². The molecule has 4 nitrogen and oxygen atoms in total. The van der Waals surface area contributed by atoms with Gasteiger partial charge >= 0.3 is 0 Å². The fourth-order valence-electron chi connectivity index (χ4n) is 2.40. The summed E-state index contributed by atoms with van der Waals surface area (Å²) in [4.78, 5) is 0. The Balaban J connectivity index is 2.37. The van der Waals surface area contributed by atoms with Crippen LogP contribution in [0.15, 0.2) is 17.9 Å². The van der Waals surface area contributed by atoms with E-state index in [9.17, 15) is 0 Å². The van der Waals surface area contributed by atoms with Crippen molar-refractivity contribution in [3.05, 3.63) is 34.9 Å². The molecule has 0 radical (unpaired) electrons. The molecule has 2 rings (SSSR count). The highest BCUT2D eigenvalue weighted by atomic mass is 16.5. The molecule has 18 heavy (non-hydrogen) atoms. The number of nitrogens with zero attached hydrogens (tertiary/aromatic N) is 2. The van der Waals surface area contributed by atoms with Gasteiger partial charge in [0.05, 0.1) is 30.3 Å². The maximum Gasteiger partial charge on any atom is 0.0876 e. The molecule has 1 atom stereocenters. The van der Waals surface area contributed by atoms with E-state index >= 15 is 0 Å². The minimum atomic E-state index is 0.189. The monoisotopic (exact) mass is 247 g/mol. The molecule has 1 aromatic heterocycles. The molecule has 1 N–H and O–H groups in total. The molecule has 1 aliphatic rings. The van der Waals surface area contributed by atoms with E-state index in [4.69, 9.17) is 4.74 Å². The molecule has 4 heteroatoms. The lowest BCUT2D eigenvalue weighted by Gasteiger charge is -2.24. The number of rotatable bonds is 4. The number of likely N-dealkylation sites (N-methyl/N-ethyl adjacent to an activating group) is 1. The third kappa shape index (κ3) is 2.70. The van der Waals surface area contributed by atoms with Crippen molar-refractivity contribution in [2.75, 3.05) is 13.7 Å². The van der Waals surface area contributed by atoms with Gasteiger partial charge in [0, 0.05) is 0 Å². The van der Waals surface area contributed by atoms with Gasteiger partial charge in [0.1, 0.15) is 0 Å². The summed E-state index contributed by atoms with van der Waals surface area (Å²) in [6.45, 7) is 4.92. The van der Waals surface area contributed by atoms with Gasteiger partial charge in [-0.25, -0.2) is 0 Å². The lowest BCUT2D eigenvalue weighted by atomic mass is 9.93. The lowest BCUT2D eigenvalue weighted by molar-refractivity contribution is 0.220. The summed E-state index contributed by atoms with van der Waals surface area (Å²) in [6.07, 6.45) is 4.97. The van der Waals surface area contributed by atoms with Gasteiger partial charge in [-0.05, 0) is 50.4 Å². The van der Waals surface area contributed by atoms with E-state index in [1.165, 1.54) is 11.1 Å². The van der Waals surface area contributed by atoms with Crippen LogP contribution in [-0.4, -0.2) is 23.9 Å². The van der Waals surface area contributed by atoms with E-state index in [1.807, 2.05) is 20.2 Å². The minimum Gasteiger partial charge on any atom is -0.501 e. The van der Waals surface area contributed by atoms with Gasteiger partial charge in [-0.15, -0.1) is 0 Å². The summed E-state index contributed by atoms with van der Waals surface area (Å²) < 4.78 is 5.45. The van der Waals surface area contributed by atoms with Crippen molar-refractivity contribution < 1.29 is 4.74 Å². The van der Waals surface area contributed by atoms with Gasteiger partial charge in [-0.1, -0.05) is 6.92 Å². The molecule has 1 aliphatic heterocycles. The number of aryl methyl sites for hydroxylation is 2. The Kier molecular flexibility index (Phi) is 4.31. The van der Waals surface area contributed by atoms with Crippen molar-refractivity contribution in [1.82, 2.24) is 15.5 Å². The van der Waals surface area contributed by atoms with Gasteiger partial charge in [-0.2, -0.15) is 10.2 Å². The third-order valence-electron chi connectivity index (χ3n) is 3.29. The Morgan fingerprint density at radius 1 is 1.44 bits per heavy atom. The number of hydrogen-bond donors (Lipinski definition) is 1. The zero-order valence-corrected chi connectivity index (χ0v) is 11.4. The van der Waals surface area contributed by atoms with Crippen LogP contribution >= 0.6 is 0 Å². The van der Waals surface area contributed by atoms with Crippen LogP contribution in [0.25, 0.3) is 0 Å². The molecule has 0 bridgehead atoms. The smallest absolute Gasteiger partial charge is 0.0876 e. The Labute approximate surface area is 108 Å². The Morgan fingerprint density at radius 2 is 2.28 bits per heavy atom. The van der Waals surface area contributed by atoms with Gasteiger partial charge < -0.3 is 10.1 Å². The van der Waals surface area contributed by atoms with Crippen LogP contribution in [0.2, 0.25) is 0 Å². The quantitative estimate of drug-likeness (QED) is 0.887. The van der Waals surface area contributed by atoms with E-state index in [0.29, 0.717) is 0 Å². The molecule has 0 aliphatic carbocycles. The van der Waals surface area contributed by atoms with Crippen LogP contribution in [0.1, 0.15) is 42.8 Å². The summed E-state index contributed by atoms with van der Waals surface area (Å²) in [5, 5.41) is 11.8. The summed E-state index contributed by atoms with van der Waals surface area (Å²) in [5.41, 5.74) is 4.54. The van der Waals surface area contributed by atoms with Crippen molar-refractivity contribution in [1.29, 1.82) is 0 Å². The predicted molar refractivity (Wildman–Crippen MR) is 71.2 cm³/mol. The molecular formula is C14H21N3O. The van der Waals surface area contributed by atoms with Crippen LogP contribution in [0, 0.1) is 6.92 Å². The highest BCUT2D eigenvalue weighted by Gasteiger charge is 2.20. The van der Waals surface area contributed by atoms with Crippen LogP contribution < -0.4 is 5.32 Å². The molecule has 0 spiro atoms. The topological polar surface area (TPSA) is 47.0 Å². The normalized spacial score (nSPS) is 16.9. The van der Waals surface area contributed by atoms with Crippen molar-refractivity contribution in [2.45, 2.75) is 39.2 Å². The lowest BCUT2D eigenvalue weighted by Crippen LogP contribution is -2.23. The molecular weight excluding hydrogens is 226 g/mol. The van der Waals surface area contributed by atoms with E-state index < -0.39 is 0 Å². The van der Waals surface area contributed by atoms with Gasteiger partial charge in [-0.3, -0.25) is 0 Å². The van der Waals surface area contributed by atoms with Crippen LogP contribution in [0.3, 0.4) is 0 Å². The molecule has 0 fully saturated rings. The molecule has 0 saturated carbocycles. The molecule has 1 aromatic rings. The summed E-state index contributed by atoms with van der Waals surface area (Å²) >= 11 is 0. The first-order valence-corrected chi connectivity index (χ1v) is 6.57. The highest BCUT2D eigenvalue weighted by Crippen LogP contribution is 2.29. The fraction of sp³-hybridized carbons (Fsp3) is 0.571. The third-order valence-corrected chi connectivity index (χ3v) is 3.29. The fourth-order valence-corrected chi connectivity index (χ4v) is 2.40. The molecule has 0 aromatic carbocycles.